The van der Waals surface area contributed by atoms with Crippen LogP contribution in [0.5, 0.6) is 5.75 Å². The third-order valence-electron chi connectivity index (χ3n) is 4.66. The normalized spacial score (nSPS) is 13.6. The topological polar surface area (TPSA) is 35.5 Å². The van der Waals surface area contributed by atoms with Crippen LogP contribution in [0.3, 0.4) is 0 Å². The Kier molecular flexibility index (Phi) is 6.74. The fraction of sp³-hybridized carbons (Fsp3) is 0.292. The number of hydrogen-bond donors (Lipinski definition) is 0. The van der Waals surface area contributed by atoms with Crippen LogP contribution in [-0.2, 0) is 9.53 Å². The molecule has 0 amide bonds. The summed E-state index contributed by atoms with van der Waals surface area (Å²) in [6, 6.07) is 17.5. The highest BCUT2D eigenvalue weighted by Gasteiger charge is 2.41. The molecule has 0 saturated heterocycles. The van der Waals surface area contributed by atoms with Crippen molar-refractivity contribution in [2.45, 2.75) is 26.4 Å². The number of esters is 1. The minimum absolute atomic E-state index is 0.132. The molecule has 3 nitrogen and oxygen atoms in total. The third-order valence-corrected chi connectivity index (χ3v) is 5.81. The molecule has 1 atom stereocenters. The maximum absolute atomic E-state index is 13.1. The quantitative estimate of drug-likeness (QED) is 0.274. The Bertz CT molecular complexity index is 1070. The zero-order valence-electron chi connectivity index (χ0n) is 17.3. The fourth-order valence-corrected chi connectivity index (χ4v) is 4.19. The minimum Gasteiger partial charge on any atom is -0.493 e. The van der Waals surface area contributed by atoms with Gasteiger partial charge < -0.3 is 9.47 Å². The van der Waals surface area contributed by atoms with E-state index >= 15 is 0 Å². The monoisotopic (exact) mass is 448 g/mol. The molecule has 0 bridgehead atoms. The van der Waals surface area contributed by atoms with Gasteiger partial charge in [-0.1, -0.05) is 43.8 Å². The zero-order chi connectivity index (χ0) is 22.6. The van der Waals surface area contributed by atoms with Crippen molar-refractivity contribution in [3.8, 4) is 16.2 Å². The highest BCUT2D eigenvalue weighted by Crippen LogP contribution is 2.37. The summed E-state index contributed by atoms with van der Waals surface area (Å²) in [6.45, 7) is 5.62. The van der Waals surface area contributed by atoms with Crippen molar-refractivity contribution < 1.29 is 27.4 Å². The molecule has 0 spiro atoms. The summed E-state index contributed by atoms with van der Waals surface area (Å²) >= 11 is 1.59. The van der Waals surface area contributed by atoms with Gasteiger partial charge in [0, 0.05) is 20.6 Å². The molecule has 0 aliphatic heterocycles. The highest BCUT2D eigenvalue weighted by atomic mass is 32.1. The summed E-state index contributed by atoms with van der Waals surface area (Å²) < 4.78 is 51.1. The predicted octanol–water partition coefficient (Wildman–Crippen LogP) is 7.03. The minimum atomic E-state index is -4.42. The van der Waals surface area contributed by atoms with E-state index in [4.69, 9.17) is 9.47 Å². The largest absolute Gasteiger partial charge is 0.493 e. The molecule has 3 aromatic rings. The van der Waals surface area contributed by atoms with Crippen LogP contribution in [0.25, 0.3) is 20.5 Å². The molecule has 2 aromatic carbocycles. The molecule has 1 aromatic heterocycles. The first-order valence-electron chi connectivity index (χ1n) is 9.66. The molecule has 1 heterocycles. The van der Waals surface area contributed by atoms with Crippen molar-refractivity contribution >= 4 is 27.4 Å². The maximum Gasteiger partial charge on any atom is 0.389 e. The van der Waals surface area contributed by atoms with Crippen LogP contribution in [0, 0.1) is 5.41 Å². The molecule has 7 heteroatoms. The molecule has 0 radical (unpaired) electrons. The number of alkyl halides is 3. The van der Waals surface area contributed by atoms with Crippen LogP contribution < -0.4 is 4.74 Å². The number of carbonyl (C=O) groups excluding carboxylic acids is 1. The van der Waals surface area contributed by atoms with Crippen LogP contribution in [0.4, 0.5) is 13.2 Å². The number of halogens is 3. The van der Waals surface area contributed by atoms with E-state index < -0.39 is 30.6 Å². The Labute approximate surface area is 183 Å². The van der Waals surface area contributed by atoms with Crippen molar-refractivity contribution in [1.29, 1.82) is 0 Å². The lowest BCUT2D eigenvalue weighted by molar-refractivity contribution is -0.173. The van der Waals surface area contributed by atoms with Gasteiger partial charge in [0.15, 0.2) is 0 Å². The lowest BCUT2D eigenvalue weighted by atomic mass is 9.88. The van der Waals surface area contributed by atoms with Crippen LogP contribution in [-0.4, -0.2) is 25.4 Å². The van der Waals surface area contributed by atoms with Gasteiger partial charge in [-0.25, -0.2) is 4.79 Å². The van der Waals surface area contributed by atoms with Gasteiger partial charge in [0.05, 0.1) is 13.0 Å². The molecule has 0 saturated carbocycles. The molecule has 1 unspecified atom stereocenters. The summed E-state index contributed by atoms with van der Waals surface area (Å²) in [7, 11) is 0. The standard InChI is InChI=1S/C24H23F3O3S/c1-16(2)22(28)30-15-23(3,13-24(25,26)27)14-29-19-10-9-18-11-20(31-21(18)12-19)17-7-5-4-6-8-17/h4-12H,1,13-15H2,2-3H3. The van der Waals surface area contributed by atoms with E-state index in [2.05, 4.69) is 12.6 Å². The second-order valence-corrected chi connectivity index (χ2v) is 9.01. The third kappa shape index (κ3) is 6.34. The molecule has 0 fully saturated rings. The average molecular weight is 449 g/mol. The first kappa shape index (κ1) is 22.9. The summed E-state index contributed by atoms with van der Waals surface area (Å²) in [5.41, 5.74) is -0.195. The average Bonchev–Trinajstić information content (AvgIpc) is 3.13. The zero-order valence-corrected chi connectivity index (χ0v) is 18.1. The van der Waals surface area contributed by atoms with E-state index in [0.717, 1.165) is 20.5 Å². The second-order valence-electron chi connectivity index (χ2n) is 7.92. The highest BCUT2D eigenvalue weighted by molar-refractivity contribution is 7.22. The van der Waals surface area contributed by atoms with E-state index in [9.17, 15) is 18.0 Å². The van der Waals surface area contributed by atoms with Crippen LogP contribution in [0.15, 0.2) is 66.7 Å². The maximum atomic E-state index is 13.1. The predicted molar refractivity (Wildman–Crippen MR) is 117 cm³/mol. The molecule has 0 N–H and O–H groups in total. The lowest BCUT2D eigenvalue weighted by Gasteiger charge is -2.30. The first-order valence-corrected chi connectivity index (χ1v) is 10.5. The van der Waals surface area contributed by atoms with Crippen molar-refractivity contribution in [2.75, 3.05) is 13.2 Å². The van der Waals surface area contributed by atoms with Gasteiger partial charge in [0.1, 0.15) is 12.4 Å². The van der Waals surface area contributed by atoms with Gasteiger partial charge in [-0.2, -0.15) is 13.2 Å². The van der Waals surface area contributed by atoms with Crippen molar-refractivity contribution in [1.82, 2.24) is 0 Å². The number of fused-ring (bicyclic) bond motifs is 1. The van der Waals surface area contributed by atoms with Gasteiger partial charge in [-0.05, 0) is 42.1 Å². The van der Waals surface area contributed by atoms with Crippen LogP contribution >= 0.6 is 11.3 Å². The SMILES string of the molecule is C=C(C)C(=O)OCC(C)(COc1ccc2cc(-c3ccccc3)sc2c1)CC(F)(F)F. The molecule has 3 rings (SSSR count). The Balaban J connectivity index is 1.75. The van der Waals surface area contributed by atoms with Crippen molar-refractivity contribution in [3.05, 3.63) is 66.7 Å². The number of benzene rings is 2. The van der Waals surface area contributed by atoms with Gasteiger partial charge in [0.25, 0.3) is 0 Å². The summed E-state index contributed by atoms with van der Waals surface area (Å²) in [5.74, 6) is -0.254. The van der Waals surface area contributed by atoms with Crippen LogP contribution in [0.1, 0.15) is 20.3 Å². The molecule has 164 valence electrons. The van der Waals surface area contributed by atoms with Gasteiger partial charge >= 0.3 is 12.1 Å². The second kappa shape index (κ2) is 9.14. The van der Waals surface area contributed by atoms with E-state index in [0.29, 0.717) is 5.75 Å². The Morgan fingerprint density at radius 2 is 1.77 bits per heavy atom. The number of thiophene rings is 1. The van der Waals surface area contributed by atoms with E-state index in [1.165, 1.54) is 13.8 Å². The lowest BCUT2D eigenvalue weighted by Crippen LogP contribution is -2.36. The Morgan fingerprint density at radius 1 is 1.06 bits per heavy atom. The number of carbonyl (C=O) groups is 1. The van der Waals surface area contributed by atoms with E-state index in [-0.39, 0.29) is 12.2 Å². The van der Waals surface area contributed by atoms with Crippen molar-refractivity contribution in [3.63, 3.8) is 0 Å². The van der Waals surface area contributed by atoms with Crippen molar-refractivity contribution in [2.24, 2.45) is 5.41 Å². The summed E-state index contributed by atoms with van der Waals surface area (Å²) in [5, 5.41) is 1.03. The summed E-state index contributed by atoms with van der Waals surface area (Å²) in [6.07, 6.45) is -5.56. The smallest absolute Gasteiger partial charge is 0.389 e. The molecule has 0 aliphatic carbocycles. The van der Waals surface area contributed by atoms with Crippen LogP contribution in [0.2, 0.25) is 0 Å². The molecular weight excluding hydrogens is 425 g/mol. The number of rotatable bonds is 8. The fourth-order valence-electron chi connectivity index (χ4n) is 3.09. The molecular formula is C24H23F3O3S. The number of ether oxygens (including phenoxy) is 2. The van der Waals surface area contributed by atoms with Gasteiger partial charge in [-0.15, -0.1) is 11.3 Å². The Morgan fingerprint density at radius 3 is 2.42 bits per heavy atom. The van der Waals surface area contributed by atoms with Gasteiger partial charge in [0.2, 0.25) is 0 Å². The summed E-state index contributed by atoms with van der Waals surface area (Å²) in [4.78, 5) is 12.8. The van der Waals surface area contributed by atoms with E-state index in [1.807, 2.05) is 42.5 Å². The Hall–Kier alpha value is -2.80. The molecule has 31 heavy (non-hydrogen) atoms. The first-order chi connectivity index (χ1) is 14.5. The molecule has 0 aliphatic rings. The number of hydrogen-bond acceptors (Lipinski definition) is 4. The van der Waals surface area contributed by atoms with E-state index in [1.54, 1.807) is 17.4 Å². The van der Waals surface area contributed by atoms with Gasteiger partial charge in [-0.3, -0.25) is 0 Å².